The maximum atomic E-state index is 4.58. The summed E-state index contributed by atoms with van der Waals surface area (Å²) in [5.41, 5.74) is 2.50. The molecule has 0 aliphatic carbocycles. The summed E-state index contributed by atoms with van der Waals surface area (Å²) in [5.74, 6) is 0. The Bertz CT molecular complexity index is 428. The fourth-order valence-corrected chi connectivity index (χ4v) is 1.80. The summed E-state index contributed by atoms with van der Waals surface area (Å²) in [5, 5.41) is 4.58. The molecule has 2 aromatic rings. The van der Waals surface area contributed by atoms with Gasteiger partial charge in [0.2, 0.25) is 0 Å². The zero-order valence-corrected chi connectivity index (χ0v) is 9.93. The topological polar surface area (TPSA) is 35.6 Å². The van der Waals surface area contributed by atoms with Gasteiger partial charge in [0, 0.05) is 24.6 Å². The molecule has 0 saturated heterocycles. The van der Waals surface area contributed by atoms with Crippen molar-refractivity contribution in [3.05, 3.63) is 36.2 Å². The van der Waals surface area contributed by atoms with E-state index in [-0.39, 0.29) is 0 Å². The highest BCUT2D eigenvalue weighted by molar-refractivity contribution is 5.10. The van der Waals surface area contributed by atoms with Gasteiger partial charge < -0.3 is 4.57 Å². The Morgan fingerprint density at radius 2 is 2.06 bits per heavy atom. The van der Waals surface area contributed by atoms with Crippen molar-refractivity contribution in [2.24, 2.45) is 0 Å². The summed E-state index contributed by atoms with van der Waals surface area (Å²) in [4.78, 5) is 4.03. The molecule has 4 heteroatoms. The molecule has 0 saturated carbocycles. The van der Waals surface area contributed by atoms with Crippen LogP contribution in [0.5, 0.6) is 0 Å². The summed E-state index contributed by atoms with van der Waals surface area (Å²) in [6.07, 6.45) is 7.68. The molecule has 0 aliphatic heterocycles. The largest absolute Gasteiger partial charge is 0.336 e. The average Bonchev–Trinajstić information content (AvgIpc) is 2.95. The first-order valence-corrected chi connectivity index (χ1v) is 5.84. The van der Waals surface area contributed by atoms with E-state index in [9.17, 15) is 0 Å². The van der Waals surface area contributed by atoms with E-state index in [0.717, 1.165) is 25.9 Å². The van der Waals surface area contributed by atoms with Crippen LogP contribution in [0.1, 0.15) is 25.2 Å². The van der Waals surface area contributed by atoms with E-state index in [1.54, 1.807) is 6.20 Å². The molecule has 0 radical (unpaired) electrons. The van der Waals surface area contributed by atoms with Crippen LogP contribution in [0.2, 0.25) is 0 Å². The first kappa shape index (κ1) is 10.9. The van der Waals surface area contributed by atoms with Gasteiger partial charge in [-0.2, -0.15) is 5.10 Å². The average molecular weight is 218 g/mol. The molecular weight excluding hydrogens is 200 g/mol. The van der Waals surface area contributed by atoms with Gasteiger partial charge in [0.15, 0.2) is 0 Å². The maximum Gasteiger partial charge on any atom is 0.0946 e. The van der Waals surface area contributed by atoms with Crippen LogP contribution in [0.15, 0.2) is 24.8 Å². The highest BCUT2D eigenvalue weighted by Gasteiger charge is 2.04. The quantitative estimate of drug-likeness (QED) is 0.768. The fraction of sp³-hybridized carbons (Fsp3) is 0.500. The van der Waals surface area contributed by atoms with Crippen LogP contribution in [0.25, 0.3) is 0 Å². The second kappa shape index (κ2) is 4.96. The van der Waals surface area contributed by atoms with Crippen LogP contribution >= 0.6 is 0 Å². The Morgan fingerprint density at radius 3 is 2.69 bits per heavy atom. The minimum Gasteiger partial charge on any atom is -0.336 e. The third kappa shape index (κ3) is 2.32. The lowest BCUT2D eigenvalue weighted by Crippen LogP contribution is -2.10. The molecule has 86 valence electrons. The zero-order valence-electron chi connectivity index (χ0n) is 9.93. The highest BCUT2D eigenvalue weighted by atomic mass is 15.3. The molecule has 0 fully saturated rings. The number of aryl methyl sites for hydroxylation is 4. The number of hydrogen-bond acceptors (Lipinski definition) is 2. The molecule has 0 bridgehead atoms. The Labute approximate surface area is 95.9 Å². The predicted molar refractivity (Wildman–Crippen MR) is 63.2 cm³/mol. The number of hydrogen-bond donors (Lipinski definition) is 0. The second-order valence-corrected chi connectivity index (χ2v) is 3.86. The van der Waals surface area contributed by atoms with E-state index in [2.05, 4.69) is 39.2 Å². The SMILES string of the molecule is CCc1cc(CC)n(CCn2ccnc2)n1. The van der Waals surface area contributed by atoms with Crippen LogP contribution in [-0.4, -0.2) is 19.3 Å². The fourth-order valence-electron chi connectivity index (χ4n) is 1.80. The summed E-state index contributed by atoms with van der Waals surface area (Å²) in [6.45, 7) is 6.16. The first-order valence-electron chi connectivity index (χ1n) is 5.84. The third-order valence-electron chi connectivity index (χ3n) is 2.77. The summed E-state index contributed by atoms with van der Waals surface area (Å²) in [7, 11) is 0. The van der Waals surface area contributed by atoms with E-state index >= 15 is 0 Å². The molecule has 2 heterocycles. The molecular formula is C12H18N4. The van der Waals surface area contributed by atoms with Crippen LogP contribution in [0, 0.1) is 0 Å². The van der Waals surface area contributed by atoms with Gasteiger partial charge in [-0.05, 0) is 18.9 Å². The van der Waals surface area contributed by atoms with Crippen LogP contribution in [0.3, 0.4) is 0 Å². The molecule has 0 spiro atoms. The van der Waals surface area contributed by atoms with Crippen molar-refractivity contribution < 1.29 is 0 Å². The van der Waals surface area contributed by atoms with E-state index in [0.29, 0.717) is 0 Å². The van der Waals surface area contributed by atoms with Crippen molar-refractivity contribution >= 4 is 0 Å². The number of nitrogens with zero attached hydrogens (tertiary/aromatic N) is 4. The van der Waals surface area contributed by atoms with Gasteiger partial charge in [0.1, 0.15) is 0 Å². The highest BCUT2D eigenvalue weighted by Crippen LogP contribution is 2.06. The lowest BCUT2D eigenvalue weighted by molar-refractivity contribution is 0.514. The Hall–Kier alpha value is -1.58. The van der Waals surface area contributed by atoms with Gasteiger partial charge in [0.05, 0.1) is 18.6 Å². The Balaban J connectivity index is 2.05. The zero-order chi connectivity index (χ0) is 11.4. The van der Waals surface area contributed by atoms with Crippen LogP contribution < -0.4 is 0 Å². The standard InChI is InChI=1S/C12H18N4/c1-3-11-9-12(4-2)16(14-11)8-7-15-6-5-13-10-15/h5-6,9-10H,3-4,7-8H2,1-2H3. The van der Waals surface area contributed by atoms with Crippen molar-refractivity contribution in [1.82, 2.24) is 19.3 Å². The smallest absolute Gasteiger partial charge is 0.0946 e. The first-order chi connectivity index (χ1) is 7.83. The number of rotatable bonds is 5. The van der Waals surface area contributed by atoms with Gasteiger partial charge in [-0.15, -0.1) is 0 Å². The minimum absolute atomic E-state index is 0.916. The molecule has 16 heavy (non-hydrogen) atoms. The van der Waals surface area contributed by atoms with E-state index in [4.69, 9.17) is 0 Å². The Kier molecular flexibility index (Phi) is 3.39. The molecule has 0 amide bonds. The molecule has 2 rings (SSSR count). The molecule has 4 nitrogen and oxygen atoms in total. The summed E-state index contributed by atoms with van der Waals surface area (Å²) >= 11 is 0. The van der Waals surface area contributed by atoms with Crippen LogP contribution in [-0.2, 0) is 25.9 Å². The molecule has 0 aromatic carbocycles. The molecule has 0 atom stereocenters. The van der Waals surface area contributed by atoms with E-state index in [1.807, 2.05) is 12.5 Å². The predicted octanol–water partition coefficient (Wildman–Crippen LogP) is 1.90. The normalized spacial score (nSPS) is 10.9. The van der Waals surface area contributed by atoms with Gasteiger partial charge in [0.25, 0.3) is 0 Å². The van der Waals surface area contributed by atoms with Crippen molar-refractivity contribution in [3.63, 3.8) is 0 Å². The Morgan fingerprint density at radius 1 is 1.19 bits per heavy atom. The van der Waals surface area contributed by atoms with Gasteiger partial charge in [-0.3, -0.25) is 4.68 Å². The summed E-state index contributed by atoms with van der Waals surface area (Å²) in [6, 6.07) is 2.20. The van der Waals surface area contributed by atoms with E-state index < -0.39 is 0 Å². The lowest BCUT2D eigenvalue weighted by Gasteiger charge is -2.06. The van der Waals surface area contributed by atoms with Gasteiger partial charge in [-0.1, -0.05) is 13.8 Å². The number of imidazole rings is 1. The molecule has 0 aliphatic rings. The molecule has 2 aromatic heterocycles. The number of aromatic nitrogens is 4. The molecule has 0 unspecified atom stereocenters. The lowest BCUT2D eigenvalue weighted by atomic mass is 10.3. The van der Waals surface area contributed by atoms with Gasteiger partial charge >= 0.3 is 0 Å². The van der Waals surface area contributed by atoms with Crippen molar-refractivity contribution in [2.75, 3.05) is 0 Å². The van der Waals surface area contributed by atoms with Gasteiger partial charge in [-0.25, -0.2) is 4.98 Å². The van der Waals surface area contributed by atoms with E-state index in [1.165, 1.54) is 11.4 Å². The third-order valence-corrected chi connectivity index (χ3v) is 2.77. The van der Waals surface area contributed by atoms with Crippen molar-refractivity contribution in [1.29, 1.82) is 0 Å². The summed E-state index contributed by atoms with van der Waals surface area (Å²) < 4.78 is 4.19. The van der Waals surface area contributed by atoms with Crippen molar-refractivity contribution in [3.8, 4) is 0 Å². The minimum atomic E-state index is 0.916. The monoisotopic (exact) mass is 218 g/mol. The van der Waals surface area contributed by atoms with Crippen molar-refractivity contribution in [2.45, 2.75) is 39.8 Å². The molecule has 0 N–H and O–H groups in total. The maximum absolute atomic E-state index is 4.58. The van der Waals surface area contributed by atoms with Crippen LogP contribution in [0.4, 0.5) is 0 Å². The second-order valence-electron chi connectivity index (χ2n) is 3.86.